The van der Waals surface area contributed by atoms with Crippen molar-refractivity contribution < 1.29 is 34.0 Å². The van der Waals surface area contributed by atoms with Gasteiger partial charge in [0.15, 0.2) is 0 Å². The Hall–Kier alpha value is -1.84. The fraction of sp³-hybridized carbons (Fsp3) is 0.833. The lowest BCUT2D eigenvalue weighted by atomic mass is 9.78. The molecule has 1 saturated carbocycles. The highest BCUT2D eigenvalue weighted by molar-refractivity contribution is 5.69. The zero-order chi connectivity index (χ0) is 24.4. The third-order valence-electron chi connectivity index (χ3n) is 6.79. The van der Waals surface area contributed by atoms with Crippen LogP contribution in [0.25, 0.3) is 0 Å². The van der Waals surface area contributed by atoms with Gasteiger partial charge in [-0.2, -0.15) is 0 Å². The predicted molar refractivity (Wildman–Crippen MR) is 124 cm³/mol. The van der Waals surface area contributed by atoms with Gasteiger partial charge in [0.1, 0.15) is 6.10 Å². The van der Waals surface area contributed by atoms with Crippen LogP contribution >= 0.6 is 0 Å². The Morgan fingerprint density at radius 1 is 1.06 bits per heavy atom. The van der Waals surface area contributed by atoms with Gasteiger partial charge < -0.3 is 34.2 Å². The monoisotopic (exact) mass is 470 g/mol. The molecule has 0 bridgehead atoms. The molecule has 2 atom stereocenters. The first kappa shape index (κ1) is 27.4. The minimum Gasteiger partial charge on any atom is -0.465 e. The highest BCUT2D eigenvalue weighted by atomic mass is 16.6. The van der Waals surface area contributed by atoms with E-state index in [0.29, 0.717) is 32.4 Å². The molecule has 2 amide bonds. The van der Waals surface area contributed by atoms with Gasteiger partial charge in [0.2, 0.25) is 0 Å². The van der Waals surface area contributed by atoms with Crippen molar-refractivity contribution in [2.45, 2.75) is 77.1 Å². The molecule has 3 aliphatic heterocycles. The number of carboxylic acid groups (broad SMARTS) is 1. The fourth-order valence-electron chi connectivity index (χ4n) is 4.56. The zero-order valence-corrected chi connectivity index (χ0v) is 20.6. The molecular formula is C24H42N2O7. The number of carbonyl (C=O) groups excluding carboxylic acids is 1. The smallest absolute Gasteiger partial charge is 0.410 e. The third-order valence-corrected chi connectivity index (χ3v) is 6.79. The second-order valence-electron chi connectivity index (χ2n) is 9.44. The molecule has 190 valence electrons. The number of morpholine rings is 1. The van der Waals surface area contributed by atoms with Gasteiger partial charge in [-0.3, -0.25) is 0 Å². The van der Waals surface area contributed by atoms with E-state index in [1.165, 1.54) is 42.6 Å². The van der Waals surface area contributed by atoms with Crippen LogP contribution in [0, 0.1) is 5.92 Å². The lowest BCUT2D eigenvalue weighted by Crippen LogP contribution is -2.56. The van der Waals surface area contributed by atoms with Crippen molar-refractivity contribution >= 4 is 12.2 Å². The molecule has 0 spiro atoms. The highest BCUT2D eigenvalue weighted by Gasteiger charge is 2.56. The largest absolute Gasteiger partial charge is 0.465 e. The topological polar surface area (TPSA) is 112 Å². The summed E-state index contributed by atoms with van der Waals surface area (Å²) in [5.41, 5.74) is 1.64. The number of aliphatic hydroxyl groups is 1. The van der Waals surface area contributed by atoms with E-state index in [1.54, 1.807) is 4.90 Å². The fourth-order valence-corrected chi connectivity index (χ4v) is 4.56. The van der Waals surface area contributed by atoms with E-state index in [0.717, 1.165) is 19.4 Å². The average Bonchev–Trinajstić information content (AvgIpc) is 3.48. The Morgan fingerprint density at radius 2 is 1.67 bits per heavy atom. The molecule has 4 fully saturated rings. The van der Waals surface area contributed by atoms with Crippen molar-refractivity contribution in [1.82, 2.24) is 9.80 Å². The predicted octanol–water partition coefficient (Wildman–Crippen LogP) is 3.51. The van der Waals surface area contributed by atoms with Crippen LogP contribution in [0.15, 0.2) is 11.6 Å². The summed E-state index contributed by atoms with van der Waals surface area (Å²) in [6.45, 7) is 9.33. The van der Waals surface area contributed by atoms with Crippen molar-refractivity contribution in [3.63, 3.8) is 0 Å². The molecule has 4 aliphatic rings. The average molecular weight is 471 g/mol. The molecule has 3 saturated heterocycles. The van der Waals surface area contributed by atoms with E-state index in [1.807, 2.05) is 0 Å². The number of aliphatic hydroxyl groups excluding tert-OH is 1. The van der Waals surface area contributed by atoms with Crippen molar-refractivity contribution in [3.05, 3.63) is 11.6 Å². The molecule has 3 heterocycles. The van der Waals surface area contributed by atoms with Crippen LogP contribution in [0.2, 0.25) is 0 Å². The Labute approximate surface area is 197 Å². The molecule has 9 heteroatoms. The number of hydrogen-bond acceptors (Lipinski definition) is 6. The number of rotatable bonds is 4. The lowest BCUT2D eigenvalue weighted by Gasteiger charge is -2.37. The van der Waals surface area contributed by atoms with Crippen LogP contribution in [0.3, 0.4) is 0 Å². The van der Waals surface area contributed by atoms with E-state index in [9.17, 15) is 9.59 Å². The van der Waals surface area contributed by atoms with Crippen LogP contribution in [0.5, 0.6) is 0 Å². The zero-order valence-electron chi connectivity index (χ0n) is 20.6. The summed E-state index contributed by atoms with van der Waals surface area (Å²) in [6, 6.07) is 0. The number of nitrogens with zero attached hydrogens (tertiary/aromatic N) is 2. The first-order valence-electron chi connectivity index (χ1n) is 12.1. The van der Waals surface area contributed by atoms with E-state index in [-0.39, 0.29) is 30.9 Å². The molecular weight excluding hydrogens is 428 g/mol. The SMILES string of the molecule is CC(C)=CCC1OC1(C)C1CCCCC1.CO.O=C(O)N1CC(OC(=O)N2CCOCC2)C1. The maximum atomic E-state index is 11.6. The first-order valence-corrected chi connectivity index (χ1v) is 12.1. The van der Waals surface area contributed by atoms with Gasteiger partial charge in [0.05, 0.1) is 38.0 Å². The van der Waals surface area contributed by atoms with Crippen LogP contribution in [-0.4, -0.2) is 96.5 Å². The maximum absolute atomic E-state index is 11.6. The molecule has 33 heavy (non-hydrogen) atoms. The van der Waals surface area contributed by atoms with E-state index >= 15 is 0 Å². The number of epoxide rings is 1. The lowest BCUT2D eigenvalue weighted by molar-refractivity contribution is -0.0319. The summed E-state index contributed by atoms with van der Waals surface area (Å²) in [7, 11) is 1.00. The number of ether oxygens (including phenoxy) is 3. The van der Waals surface area contributed by atoms with Crippen molar-refractivity contribution in [3.8, 4) is 0 Å². The van der Waals surface area contributed by atoms with Gasteiger partial charge in [-0.25, -0.2) is 9.59 Å². The highest BCUT2D eigenvalue weighted by Crippen LogP contribution is 2.50. The minimum absolute atomic E-state index is 0.229. The van der Waals surface area contributed by atoms with Crippen molar-refractivity contribution in [2.75, 3.05) is 46.5 Å². The van der Waals surface area contributed by atoms with Gasteiger partial charge in [-0.15, -0.1) is 0 Å². The summed E-state index contributed by atoms with van der Waals surface area (Å²) in [4.78, 5) is 24.8. The number of hydrogen-bond donors (Lipinski definition) is 2. The number of amides is 2. The van der Waals surface area contributed by atoms with Crippen LogP contribution in [-0.2, 0) is 14.2 Å². The summed E-state index contributed by atoms with van der Waals surface area (Å²) >= 11 is 0. The Morgan fingerprint density at radius 3 is 2.21 bits per heavy atom. The van der Waals surface area contributed by atoms with Gasteiger partial charge in [-0.05, 0) is 46.0 Å². The second-order valence-corrected chi connectivity index (χ2v) is 9.44. The Kier molecular flexibility index (Phi) is 10.9. The first-order chi connectivity index (χ1) is 15.8. The molecule has 2 N–H and O–H groups in total. The van der Waals surface area contributed by atoms with Crippen LogP contribution < -0.4 is 0 Å². The van der Waals surface area contributed by atoms with E-state index < -0.39 is 6.09 Å². The van der Waals surface area contributed by atoms with E-state index in [4.69, 9.17) is 24.4 Å². The standard InChI is InChI=1S/C14H24O.C9H14N2O5.CH4O/c1-11(2)9-10-13-14(3,15-13)12-7-5-4-6-8-12;12-8(13)11-5-7(6-11)16-9(14)10-1-3-15-4-2-10;1-2/h9,12-13H,4-8,10H2,1-3H3;7H,1-6H2,(H,12,13);2H,1H3. The van der Waals surface area contributed by atoms with Gasteiger partial charge >= 0.3 is 12.2 Å². The molecule has 1 aliphatic carbocycles. The summed E-state index contributed by atoms with van der Waals surface area (Å²) < 4.78 is 16.2. The third kappa shape index (κ3) is 8.15. The molecule has 9 nitrogen and oxygen atoms in total. The molecule has 4 rings (SSSR count). The van der Waals surface area contributed by atoms with E-state index in [2.05, 4.69) is 26.8 Å². The molecule has 0 radical (unpaired) electrons. The molecule has 0 aromatic heterocycles. The van der Waals surface area contributed by atoms with Crippen molar-refractivity contribution in [2.24, 2.45) is 5.92 Å². The van der Waals surface area contributed by atoms with Crippen molar-refractivity contribution in [1.29, 1.82) is 0 Å². The Balaban J connectivity index is 0.000000218. The summed E-state index contributed by atoms with van der Waals surface area (Å²) in [5, 5.41) is 15.6. The summed E-state index contributed by atoms with van der Waals surface area (Å²) in [5.74, 6) is 0.835. The minimum atomic E-state index is -0.973. The second kappa shape index (κ2) is 13.2. The molecule has 2 unspecified atom stereocenters. The summed E-state index contributed by atoms with van der Waals surface area (Å²) in [6.07, 6.45) is 9.35. The van der Waals surface area contributed by atoms with Crippen LogP contribution in [0.1, 0.15) is 59.3 Å². The maximum Gasteiger partial charge on any atom is 0.410 e. The molecule has 0 aromatic rings. The number of carbonyl (C=O) groups is 2. The Bertz CT molecular complexity index is 649. The number of likely N-dealkylation sites (tertiary alicyclic amines) is 1. The normalized spacial score (nSPS) is 27.1. The molecule has 0 aromatic carbocycles. The van der Waals surface area contributed by atoms with Gasteiger partial charge in [0.25, 0.3) is 0 Å². The quantitative estimate of drug-likeness (QED) is 0.478. The van der Waals surface area contributed by atoms with Crippen LogP contribution in [0.4, 0.5) is 9.59 Å². The number of allylic oxidation sites excluding steroid dienone is 1. The van der Waals surface area contributed by atoms with Gasteiger partial charge in [0, 0.05) is 20.2 Å². The van der Waals surface area contributed by atoms with Gasteiger partial charge in [-0.1, -0.05) is 30.9 Å².